The Hall–Kier alpha value is -2.08. The summed E-state index contributed by atoms with van der Waals surface area (Å²) in [7, 11) is -3.57. The molecule has 0 aliphatic carbocycles. The van der Waals surface area contributed by atoms with E-state index >= 15 is 0 Å². The quantitative estimate of drug-likeness (QED) is 0.697. The third-order valence-corrected chi connectivity index (χ3v) is 6.53. The Balaban J connectivity index is 0.00000182. The first-order valence-corrected chi connectivity index (χ1v) is 9.35. The molecule has 25 heavy (non-hydrogen) atoms. The van der Waals surface area contributed by atoms with Crippen LogP contribution in [0.2, 0.25) is 0 Å². The number of benzene rings is 3. The van der Waals surface area contributed by atoms with Gasteiger partial charge in [0.2, 0.25) is 10.0 Å². The minimum absolute atomic E-state index is 0. The van der Waals surface area contributed by atoms with Crippen molar-refractivity contribution in [3.8, 4) is 0 Å². The number of fused-ring (bicyclic) bond motifs is 2. The minimum Gasteiger partial charge on any atom is -0.398 e. The van der Waals surface area contributed by atoms with Crippen LogP contribution < -0.4 is 5.73 Å². The average molecular weight is 375 g/mol. The van der Waals surface area contributed by atoms with Crippen molar-refractivity contribution >= 4 is 38.9 Å². The zero-order chi connectivity index (χ0) is 16.7. The number of nitrogen functional groups attached to an aromatic ring is 1. The van der Waals surface area contributed by atoms with Crippen LogP contribution in [-0.2, 0) is 23.0 Å². The lowest BCUT2D eigenvalue weighted by atomic mass is 10.0. The van der Waals surface area contributed by atoms with E-state index in [1.54, 1.807) is 28.6 Å². The van der Waals surface area contributed by atoms with Gasteiger partial charge in [-0.05, 0) is 29.7 Å². The van der Waals surface area contributed by atoms with E-state index in [2.05, 4.69) is 6.07 Å². The number of hydrogen-bond acceptors (Lipinski definition) is 3. The number of rotatable bonds is 2. The molecule has 1 aliphatic heterocycles. The average Bonchev–Trinajstić information content (AvgIpc) is 2.61. The molecule has 0 spiro atoms. The molecule has 0 atom stereocenters. The Morgan fingerprint density at radius 3 is 2.32 bits per heavy atom. The van der Waals surface area contributed by atoms with Crippen LogP contribution in [0.3, 0.4) is 0 Å². The second kappa shape index (κ2) is 6.67. The predicted molar refractivity (Wildman–Crippen MR) is 103 cm³/mol. The number of halogens is 1. The van der Waals surface area contributed by atoms with Gasteiger partial charge in [-0.25, -0.2) is 8.42 Å². The van der Waals surface area contributed by atoms with Crippen molar-refractivity contribution in [1.29, 1.82) is 0 Å². The molecule has 0 radical (unpaired) electrons. The van der Waals surface area contributed by atoms with Gasteiger partial charge in [-0.2, -0.15) is 4.31 Å². The molecule has 0 saturated heterocycles. The predicted octanol–water partition coefficient (Wildman–Crippen LogP) is 3.59. The van der Waals surface area contributed by atoms with Crippen molar-refractivity contribution in [1.82, 2.24) is 4.31 Å². The van der Waals surface area contributed by atoms with E-state index in [-0.39, 0.29) is 12.4 Å². The van der Waals surface area contributed by atoms with Crippen LogP contribution in [0.25, 0.3) is 10.8 Å². The summed E-state index contributed by atoms with van der Waals surface area (Å²) in [5.74, 6) is 0. The van der Waals surface area contributed by atoms with E-state index in [1.165, 1.54) is 5.56 Å². The molecule has 0 aromatic heterocycles. The highest BCUT2D eigenvalue weighted by Gasteiger charge is 2.29. The third-order valence-electron chi connectivity index (χ3n) is 4.63. The number of sulfonamides is 1. The second-order valence-electron chi connectivity index (χ2n) is 6.06. The van der Waals surface area contributed by atoms with E-state index in [1.807, 2.05) is 30.3 Å². The maximum absolute atomic E-state index is 13.2. The Morgan fingerprint density at radius 2 is 1.52 bits per heavy atom. The van der Waals surface area contributed by atoms with Crippen molar-refractivity contribution in [3.05, 3.63) is 71.8 Å². The van der Waals surface area contributed by atoms with Crippen molar-refractivity contribution in [2.45, 2.75) is 17.9 Å². The molecule has 2 N–H and O–H groups in total. The molecule has 6 heteroatoms. The van der Waals surface area contributed by atoms with Crippen molar-refractivity contribution < 1.29 is 8.42 Å². The first-order valence-electron chi connectivity index (χ1n) is 7.91. The normalized spacial score (nSPS) is 14.7. The Bertz CT molecular complexity index is 1030. The summed E-state index contributed by atoms with van der Waals surface area (Å²) < 4.78 is 28.0. The van der Waals surface area contributed by atoms with Crippen molar-refractivity contribution in [3.63, 3.8) is 0 Å². The van der Waals surface area contributed by atoms with E-state index in [0.717, 1.165) is 17.4 Å². The number of nitrogens with zero attached hydrogens (tertiary/aromatic N) is 1. The SMILES string of the molecule is Cl.Nc1cccc2c(S(=O)(=O)N3CCc4ccccc4C3)cccc12. The Kier molecular flexibility index (Phi) is 4.73. The Morgan fingerprint density at radius 1 is 0.840 bits per heavy atom. The van der Waals surface area contributed by atoms with Gasteiger partial charge in [0, 0.05) is 29.5 Å². The fourth-order valence-electron chi connectivity index (χ4n) is 3.34. The molecule has 0 fully saturated rings. The smallest absolute Gasteiger partial charge is 0.244 e. The van der Waals surface area contributed by atoms with Gasteiger partial charge in [0.05, 0.1) is 4.90 Å². The summed E-state index contributed by atoms with van der Waals surface area (Å²) in [5, 5.41) is 1.45. The van der Waals surface area contributed by atoms with Crippen LogP contribution in [0.5, 0.6) is 0 Å². The molecule has 0 saturated carbocycles. The maximum atomic E-state index is 13.2. The summed E-state index contributed by atoms with van der Waals surface area (Å²) in [4.78, 5) is 0.326. The van der Waals surface area contributed by atoms with Crippen LogP contribution in [0.1, 0.15) is 11.1 Å². The highest BCUT2D eigenvalue weighted by molar-refractivity contribution is 7.89. The largest absolute Gasteiger partial charge is 0.398 e. The first kappa shape index (κ1) is 17.7. The summed E-state index contributed by atoms with van der Waals surface area (Å²) in [6, 6.07) is 18.7. The van der Waals surface area contributed by atoms with Crippen LogP contribution in [0.15, 0.2) is 65.6 Å². The highest BCUT2D eigenvalue weighted by atomic mass is 35.5. The van der Waals surface area contributed by atoms with Crippen LogP contribution in [-0.4, -0.2) is 19.3 Å². The number of hydrogen-bond donors (Lipinski definition) is 1. The second-order valence-corrected chi connectivity index (χ2v) is 7.96. The zero-order valence-corrected chi connectivity index (χ0v) is 15.2. The van der Waals surface area contributed by atoms with Gasteiger partial charge in [0.25, 0.3) is 0 Å². The van der Waals surface area contributed by atoms with Gasteiger partial charge in [-0.1, -0.05) is 48.5 Å². The minimum atomic E-state index is -3.57. The number of anilines is 1. The number of nitrogens with two attached hydrogens (primary N) is 1. The lowest BCUT2D eigenvalue weighted by molar-refractivity contribution is 0.392. The van der Waals surface area contributed by atoms with Gasteiger partial charge in [-0.3, -0.25) is 0 Å². The topological polar surface area (TPSA) is 63.4 Å². The monoisotopic (exact) mass is 374 g/mol. The van der Waals surface area contributed by atoms with E-state index in [0.29, 0.717) is 29.1 Å². The van der Waals surface area contributed by atoms with Gasteiger partial charge in [0.15, 0.2) is 0 Å². The van der Waals surface area contributed by atoms with Crippen LogP contribution in [0.4, 0.5) is 5.69 Å². The Labute approximate surface area is 153 Å². The molecular weight excluding hydrogens is 356 g/mol. The summed E-state index contributed by atoms with van der Waals surface area (Å²) >= 11 is 0. The summed E-state index contributed by atoms with van der Waals surface area (Å²) in [6.07, 6.45) is 0.738. The molecule has 3 aromatic rings. The van der Waals surface area contributed by atoms with Gasteiger partial charge >= 0.3 is 0 Å². The van der Waals surface area contributed by atoms with Crippen molar-refractivity contribution in [2.75, 3.05) is 12.3 Å². The summed E-state index contributed by atoms with van der Waals surface area (Å²) in [6.45, 7) is 0.912. The van der Waals surface area contributed by atoms with Crippen molar-refractivity contribution in [2.24, 2.45) is 0 Å². The molecule has 3 aromatic carbocycles. The molecule has 0 bridgehead atoms. The van der Waals surface area contributed by atoms with E-state index in [4.69, 9.17) is 5.73 Å². The molecule has 4 nitrogen and oxygen atoms in total. The van der Waals surface area contributed by atoms with Gasteiger partial charge in [0.1, 0.15) is 0 Å². The molecule has 1 heterocycles. The molecule has 1 aliphatic rings. The fourth-order valence-corrected chi connectivity index (χ4v) is 4.97. The molecule has 0 amide bonds. The lowest BCUT2D eigenvalue weighted by Gasteiger charge is -2.28. The standard InChI is InChI=1S/C19H18N2O2S.ClH/c20-18-9-3-8-17-16(18)7-4-10-19(17)24(22,23)21-12-11-14-5-1-2-6-15(14)13-21;/h1-10H,11-13,20H2;1H. The van der Waals surface area contributed by atoms with Gasteiger partial charge in [-0.15, -0.1) is 12.4 Å². The van der Waals surface area contributed by atoms with Gasteiger partial charge < -0.3 is 5.73 Å². The van der Waals surface area contributed by atoms with E-state index < -0.39 is 10.0 Å². The van der Waals surface area contributed by atoms with E-state index in [9.17, 15) is 8.42 Å². The summed E-state index contributed by atoms with van der Waals surface area (Å²) in [5.41, 5.74) is 8.90. The van der Waals surface area contributed by atoms with Crippen LogP contribution >= 0.6 is 12.4 Å². The fraction of sp³-hybridized carbons (Fsp3) is 0.158. The molecule has 4 rings (SSSR count). The third kappa shape index (κ3) is 2.99. The molecule has 0 unspecified atom stereocenters. The maximum Gasteiger partial charge on any atom is 0.244 e. The molecule has 130 valence electrons. The molecular formula is C19H19ClN2O2S. The first-order chi connectivity index (χ1) is 11.6. The lowest BCUT2D eigenvalue weighted by Crippen LogP contribution is -2.36. The highest BCUT2D eigenvalue weighted by Crippen LogP contribution is 2.31. The zero-order valence-electron chi connectivity index (χ0n) is 13.6. The van der Waals surface area contributed by atoms with Crippen LogP contribution in [0, 0.1) is 0 Å².